The molecule has 0 aliphatic carbocycles. The van der Waals surface area contributed by atoms with Gasteiger partial charge in [-0.3, -0.25) is 0 Å². The van der Waals surface area contributed by atoms with Gasteiger partial charge in [-0.1, -0.05) is 60.7 Å². The van der Waals surface area contributed by atoms with Gasteiger partial charge in [0.2, 0.25) is 0 Å². The summed E-state index contributed by atoms with van der Waals surface area (Å²) in [7, 11) is 2.09. The number of hydrogen-bond acceptors (Lipinski definition) is 8. The Labute approximate surface area is 264 Å². The molecule has 2 N–H and O–H groups in total. The van der Waals surface area contributed by atoms with Gasteiger partial charge in [0.25, 0.3) is 10.2 Å². The van der Waals surface area contributed by atoms with Crippen molar-refractivity contribution in [2.75, 3.05) is 41.5 Å². The first kappa shape index (κ1) is 32.3. The number of nitrogens with zero attached hydrogens (tertiary/aromatic N) is 2. The van der Waals surface area contributed by atoms with Crippen molar-refractivity contribution in [2.24, 2.45) is 0 Å². The van der Waals surface area contributed by atoms with Gasteiger partial charge in [-0.2, -0.15) is 17.0 Å². The molecule has 0 radical (unpaired) electrons. The van der Waals surface area contributed by atoms with Gasteiger partial charge in [-0.05, 0) is 57.6 Å². The minimum Gasteiger partial charge on any atom is -0.493 e. The van der Waals surface area contributed by atoms with E-state index in [2.05, 4.69) is 0 Å². The van der Waals surface area contributed by atoms with Gasteiger partial charge in [-0.15, -0.1) is 0 Å². The predicted octanol–water partition coefficient (Wildman–Crippen LogP) is 4.34. The first-order valence-corrected chi connectivity index (χ1v) is 15.8. The summed E-state index contributed by atoms with van der Waals surface area (Å²) in [6.07, 6.45) is -2.56. The van der Waals surface area contributed by atoms with Gasteiger partial charge in [0, 0.05) is 26.2 Å². The fraction of sp³-hybridized carbons (Fsp3) is 0.294. The van der Waals surface area contributed by atoms with Gasteiger partial charge in [0.05, 0.1) is 40.6 Å². The maximum atomic E-state index is 14.3. The molecule has 0 amide bonds. The molecule has 0 saturated carbocycles. The molecule has 238 valence electrons. The smallest absolute Gasteiger partial charge is 0.282 e. The van der Waals surface area contributed by atoms with Crippen molar-refractivity contribution in [1.82, 2.24) is 8.61 Å². The lowest BCUT2D eigenvalue weighted by Crippen LogP contribution is -2.42. The van der Waals surface area contributed by atoms with Gasteiger partial charge >= 0.3 is 0 Å². The molecule has 10 nitrogen and oxygen atoms in total. The molecule has 0 bridgehead atoms. The average molecular weight is 635 g/mol. The van der Waals surface area contributed by atoms with E-state index in [0.29, 0.717) is 23.0 Å². The SMILES string of the molecule is COc1ccc(-c2ccccc2CN2C[C@H](O)[C@@H](O)CN(Cc3ccccc3-c3ccc(OC)c(OC)c3)S2(=O)=O)cc1OC. The van der Waals surface area contributed by atoms with Crippen LogP contribution >= 0.6 is 0 Å². The molecular weight excluding hydrogens is 596 g/mol. The Morgan fingerprint density at radius 2 is 0.978 bits per heavy atom. The molecule has 0 spiro atoms. The van der Waals surface area contributed by atoms with Crippen LogP contribution in [0.3, 0.4) is 0 Å². The molecule has 11 heteroatoms. The highest BCUT2D eigenvalue weighted by molar-refractivity contribution is 7.86. The van der Waals surface area contributed by atoms with Crippen LogP contribution in [-0.4, -0.2) is 81.0 Å². The molecule has 1 aliphatic rings. The van der Waals surface area contributed by atoms with E-state index in [1.165, 1.54) is 8.61 Å². The number of aliphatic hydroxyl groups excluding tert-OH is 2. The molecule has 0 unspecified atom stereocenters. The zero-order valence-corrected chi connectivity index (χ0v) is 26.5. The molecule has 4 aromatic carbocycles. The van der Waals surface area contributed by atoms with Crippen LogP contribution in [0.25, 0.3) is 22.3 Å². The summed E-state index contributed by atoms with van der Waals surface area (Å²) in [5.41, 5.74) is 4.69. The lowest BCUT2D eigenvalue weighted by molar-refractivity contribution is 0.00890. The number of rotatable bonds is 10. The quantitative estimate of drug-likeness (QED) is 0.265. The molecule has 1 fully saturated rings. The van der Waals surface area contributed by atoms with Crippen LogP contribution in [0.4, 0.5) is 0 Å². The average Bonchev–Trinajstić information content (AvgIpc) is 3.14. The monoisotopic (exact) mass is 634 g/mol. The molecule has 1 saturated heterocycles. The molecule has 1 heterocycles. The minimum atomic E-state index is -4.15. The van der Waals surface area contributed by atoms with Crippen molar-refractivity contribution in [3.05, 3.63) is 96.1 Å². The van der Waals surface area contributed by atoms with E-state index in [-0.39, 0.29) is 26.2 Å². The molecule has 1 aliphatic heterocycles. The second kappa shape index (κ2) is 13.9. The highest BCUT2D eigenvalue weighted by Crippen LogP contribution is 2.36. The summed E-state index contributed by atoms with van der Waals surface area (Å²) in [6.45, 7) is -0.579. The van der Waals surface area contributed by atoms with Gasteiger partial charge in [0.1, 0.15) is 0 Å². The van der Waals surface area contributed by atoms with E-state index >= 15 is 0 Å². The van der Waals surface area contributed by atoms with Crippen molar-refractivity contribution in [3.8, 4) is 45.3 Å². The fourth-order valence-electron chi connectivity index (χ4n) is 5.57. The second-order valence-electron chi connectivity index (χ2n) is 10.7. The van der Waals surface area contributed by atoms with Crippen LogP contribution in [0.15, 0.2) is 84.9 Å². The van der Waals surface area contributed by atoms with E-state index in [1.807, 2.05) is 72.8 Å². The molecule has 0 aromatic heterocycles. The van der Waals surface area contributed by atoms with E-state index in [0.717, 1.165) is 33.4 Å². The maximum absolute atomic E-state index is 14.3. The molecule has 5 rings (SSSR count). The summed E-state index contributed by atoms with van der Waals surface area (Å²) in [6, 6.07) is 26.0. The highest BCUT2D eigenvalue weighted by Gasteiger charge is 2.39. The molecular formula is C34H38N2O8S. The lowest BCUT2D eigenvalue weighted by Gasteiger charge is -2.28. The Kier molecular flexibility index (Phi) is 9.96. The number of β-amino-alcohol motifs (C(OH)–C–C–N with tert-alkyl or cyclic N) is 2. The van der Waals surface area contributed by atoms with Crippen LogP contribution in [0.5, 0.6) is 23.0 Å². The summed E-state index contributed by atoms with van der Waals surface area (Å²) < 4.78 is 52.7. The molecule has 45 heavy (non-hydrogen) atoms. The Morgan fingerprint density at radius 3 is 1.36 bits per heavy atom. The van der Waals surface area contributed by atoms with Crippen LogP contribution in [-0.2, 0) is 23.3 Å². The fourth-order valence-corrected chi connectivity index (χ4v) is 7.18. The van der Waals surface area contributed by atoms with Crippen molar-refractivity contribution < 1.29 is 37.6 Å². The standard InChI is InChI=1S/C34H38N2O8S/c1-41-31-15-13-23(17-33(31)43-3)27-11-7-5-9-25(27)19-35-21-29(37)30(38)22-36(45(35,39)40)20-26-10-6-8-12-28(26)24-14-16-32(42-2)34(18-24)44-4/h5-18,29-30,37-38H,19-22H2,1-4H3/t29-,30-/m0/s1. The summed E-state index contributed by atoms with van der Waals surface area (Å²) in [5.74, 6) is 2.25. The first-order valence-electron chi connectivity index (χ1n) is 14.4. The normalized spacial score (nSPS) is 18.6. The zero-order valence-electron chi connectivity index (χ0n) is 25.7. The van der Waals surface area contributed by atoms with Gasteiger partial charge in [0.15, 0.2) is 23.0 Å². The minimum absolute atomic E-state index is 0.0234. The second-order valence-corrected chi connectivity index (χ2v) is 12.6. The van der Waals surface area contributed by atoms with Crippen molar-refractivity contribution >= 4 is 10.2 Å². The number of hydrogen-bond donors (Lipinski definition) is 2. The highest BCUT2D eigenvalue weighted by atomic mass is 32.2. The zero-order chi connectivity index (χ0) is 32.1. The molecule has 4 aromatic rings. The van der Waals surface area contributed by atoms with E-state index in [9.17, 15) is 18.6 Å². The van der Waals surface area contributed by atoms with E-state index < -0.39 is 22.4 Å². The number of benzene rings is 4. The van der Waals surface area contributed by atoms with Crippen LogP contribution in [0.2, 0.25) is 0 Å². The topological polar surface area (TPSA) is 118 Å². The van der Waals surface area contributed by atoms with Gasteiger partial charge in [-0.25, -0.2) is 0 Å². The third-order valence-corrected chi connectivity index (χ3v) is 9.86. The maximum Gasteiger partial charge on any atom is 0.282 e. The predicted molar refractivity (Wildman–Crippen MR) is 172 cm³/mol. The van der Waals surface area contributed by atoms with Crippen molar-refractivity contribution in [1.29, 1.82) is 0 Å². The number of aliphatic hydroxyl groups is 2. The van der Waals surface area contributed by atoms with Crippen molar-refractivity contribution in [2.45, 2.75) is 25.3 Å². The van der Waals surface area contributed by atoms with E-state index in [4.69, 9.17) is 18.9 Å². The van der Waals surface area contributed by atoms with E-state index in [1.54, 1.807) is 40.6 Å². The van der Waals surface area contributed by atoms with Crippen LogP contribution in [0.1, 0.15) is 11.1 Å². The number of methoxy groups -OCH3 is 4. The van der Waals surface area contributed by atoms with Gasteiger partial charge < -0.3 is 29.2 Å². The number of ether oxygens (including phenoxy) is 4. The summed E-state index contributed by atoms with van der Waals surface area (Å²) >= 11 is 0. The third kappa shape index (κ3) is 6.77. The first-order chi connectivity index (χ1) is 21.7. The molecule has 2 atom stereocenters. The lowest BCUT2D eigenvalue weighted by atomic mass is 9.99. The van der Waals surface area contributed by atoms with Crippen LogP contribution in [0, 0.1) is 0 Å². The Hall–Kier alpha value is -4.13. The summed E-state index contributed by atoms with van der Waals surface area (Å²) in [5, 5.41) is 21.7. The Balaban J connectivity index is 1.49. The largest absolute Gasteiger partial charge is 0.493 e. The Bertz CT molecular complexity index is 1630. The summed E-state index contributed by atoms with van der Waals surface area (Å²) in [4.78, 5) is 0. The van der Waals surface area contributed by atoms with Crippen LogP contribution < -0.4 is 18.9 Å². The Morgan fingerprint density at radius 1 is 0.600 bits per heavy atom. The third-order valence-electron chi connectivity index (χ3n) is 8.00. The van der Waals surface area contributed by atoms with Crippen molar-refractivity contribution in [3.63, 3.8) is 0 Å².